The van der Waals surface area contributed by atoms with Gasteiger partial charge < -0.3 is 35.4 Å². The lowest BCUT2D eigenvalue weighted by Gasteiger charge is -2.34. The predicted octanol–water partition coefficient (Wildman–Crippen LogP) is 2.59. The third kappa shape index (κ3) is 8.27. The van der Waals surface area contributed by atoms with Crippen LogP contribution in [0.15, 0.2) is 42.7 Å². The Kier molecular flexibility index (Phi) is 10.4. The van der Waals surface area contributed by atoms with Gasteiger partial charge in [-0.25, -0.2) is 14.5 Å². The number of pyridine rings is 1. The lowest BCUT2D eigenvalue weighted by molar-refractivity contribution is -0.144. The Bertz CT molecular complexity index is 1720. The molecule has 3 aromatic rings. The number of rotatable bonds is 13. The normalized spacial score (nSPS) is 18.8. The quantitative estimate of drug-likeness (QED) is 0.195. The zero-order valence-electron chi connectivity index (χ0n) is 28.3. The Morgan fingerprint density at radius 2 is 1.86 bits per heavy atom. The molecule has 0 spiro atoms. The van der Waals surface area contributed by atoms with Gasteiger partial charge in [0.2, 0.25) is 17.6 Å². The predicted molar refractivity (Wildman–Crippen MR) is 177 cm³/mol. The molecule has 2 aromatic heterocycles. The number of nitrogens with zero attached hydrogens (tertiary/aromatic N) is 4. The number of hydrogen-bond donors (Lipinski definition) is 4. The summed E-state index contributed by atoms with van der Waals surface area (Å²) in [7, 11) is 1.55. The highest BCUT2D eigenvalue weighted by atomic mass is 16.5. The Labute approximate surface area is 283 Å². The van der Waals surface area contributed by atoms with Gasteiger partial charge in [0.1, 0.15) is 29.7 Å². The van der Waals surface area contributed by atoms with Crippen molar-refractivity contribution >= 4 is 40.5 Å². The number of carboxylic acid groups (broad SMARTS) is 1. The van der Waals surface area contributed by atoms with Crippen LogP contribution < -0.4 is 25.4 Å². The zero-order chi connectivity index (χ0) is 35.5. The minimum absolute atomic E-state index is 0.0277. The molecule has 4 atom stereocenters. The topological polar surface area (TPSA) is 194 Å². The van der Waals surface area contributed by atoms with Gasteiger partial charge >= 0.3 is 6.09 Å². The molecule has 1 aliphatic heterocycles. The van der Waals surface area contributed by atoms with Crippen LogP contribution in [-0.2, 0) is 19.2 Å². The summed E-state index contributed by atoms with van der Waals surface area (Å²) in [6.45, 7) is 6.92. The minimum atomic E-state index is -1.39. The second kappa shape index (κ2) is 14.5. The molecule has 0 unspecified atom stereocenters. The SMILES string of the molecule is CCC[C@H](NC(=O)[C@@H]1C[C@@H](Oc2cc(-n3cccn3)nc3cc(OC)ccc23)CN1C(=O)[C@@H](NC(=O)O)C(C)(C)C)C(=O)C(=O)NC1CC1. The Morgan fingerprint density at radius 1 is 1.10 bits per heavy atom. The molecule has 4 amide bonds. The number of ketones is 1. The molecule has 15 heteroatoms. The molecule has 1 saturated carbocycles. The highest BCUT2D eigenvalue weighted by Gasteiger charge is 2.46. The van der Waals surface area contributed by atoms with Gasteiger partial charge in [-0.05, 0) is 42.9 Å². The van der Waals surface area contributed by atoms with Crippen molar-refractivity contribution in [2.75, 3.05) is 13.7 Å². The molecule has 1 aromatic carbocycles. The molecule has 0 bridgehead atoms. The van der Waals surface area contributed by atoms with E-state index in [1.165, 1.54) is 4.90 Å². The Morgan fingerprint density at radius 3 is 2.47 bits per heavy atom. The van der Waals surface area contributed by atoms with Crippen LogP contribution in [0.4, 0.5) is 4.79 Å². The van der Waals surface area contributed by atoms with Crippen LogP contribution in [0.1, 0.15) is 59.8 Å². The first-order chi connectivity index (χ1) is 23.3. The number of benzene rings is 1. The van der Waals surface area contributed by atoms with E-state index in [1.807, 2.05) is 6.92 Å². The molecular weight excluding hydrogens is 634 g/mol. The summed E-state index contributed by atoms with van der Waals surface area (Å²) in [5.41, 5.74) is -0.290. The number of likely N-dealkylation sites (tertiary alicyclic amines) is 1. The number of methoxy groups -OCH3 is 1. The number of amides is 4. The second-order valence-corrected chi connectivity index (χ2v) is 13.5. The van der Waals surface area contributed by atoms with Crippen molar-refractivity contribution in [3.63, 3.8) is 0 Å². The first-order valence-corrected chi connectivity index (χ1v) is 16.4. The van der Waals surface area contributed by atoms with E-state index in [9.17, 15) is 29.1 Å². The zero-order valence-corrected chi connectivity index (χ0v) is 28.3. The van der Waals surface area contributed by atoms with E-state index in [-0.39, 0.29) is 25.4 Å². The first kappa shape index (κ1) is 35.1. The van der Waals surface area contributed by atoms with Gasteiger partial charge in [-0.1, -0.05) is 34.1 Å². The van der Waals surface area contributed by atoms with Crippen molar-refractivity contribution in [2.45, 2.75) is 90.1 Å². The van der Waals surface area contributed by atoms with E-state index < -0.39 is 59.2 Å². The fourth-order valence-electron chi connectivity index (χ4n) is 5.87. The molecule has 5 rings (SSSR count). The lowest BCUT2D eigenvalue weighted by atomic mass is 9.85. The number of carbonyl (C=O) groups excluding carboxylic acids is 4. The number of fused-ring (bicyclic) bond motifs is 1. The van der Waals surface area contributed by atoms with E-state index in [0.29, 0.717) is 34.6 Å². The number of carbonyl (C=O) groups is 5. The van der Waals surface area contributed by atoms with Gasteiger partial charge in [0.25, 0.3) is 5.91 Å². The van der Waals surface area contributed by atoms with E-state index >= 15 is 0 Å². The van der Waals surface area contributed by atoms with E-state index in [1.54, 1.807) is 75.3 Å². The summed E-state index contributed by atoms with van der Waals surface area (Å²) in [5, 5.41) is 22.2. The maximum Gasteiger partial charge on any atom is 0.405 e. The smallest absolute Gasteiger partial charge is 0.405 e. The largest absolute Gasteiger partial charge is 0.497 e. The van der Waals surface area contributed by atoms with Gasteiger partial charge in [-0.3, -0.25) is 19.2 Å². The molecule has 49 heavy (non-hydrogen) atoms. The standard InChI is InChI=1S/C34H43N7O8/c1-6-8-23(28(42)31(44)36-19-9-10-19)38-30(43)25-16-21(18-40(25)32(45)29(34(2,3)4)39-33(46)47)49-26-17-27(41-14-7-13-35-41)37-24-15-20(48-5)11-12-22(24)26/h7,11-15,17,19,21,23,25,29,39H,6,8-10,16,18H2,1-5H3,(H,36,44)(H,38,43)(H,46,47)/t21-,23+,25+,29-/m1/s1. The second-order valence-electron chi connectivity index (χ2n) is 13.5. The number of Topliss-reactive ketones (excluding diaryl/α,β-unsaturated/α-hetero) is 1. The third-order valence-corrected chi connectivity index (χ3v) is 8.57. The van der Waals surface area contributed by atoms with Gasteiger partial charge in [0.05, 0.1) is 25.2 Å². The van der Waals surface area contributed by atoms with Crippen molar-refractivity contribution in [1.82, 2.24) is 35.6 Å². The fourth-order valence-corrected chi connectivity index (χ4v) is 5.87. The monoisotopic (exact) mass is 677 g/mol. The van der Waals surface area contributed by atoms with Crippen molar-refractivity contribution in [2.24, 2.45) is 5.41 Å². The average Bonchev–Trinajstić information content (AvgIpc) is 3.51. The summed E-state index contributed by atoms with van der Waals surface area (Å²) in [6, 6.07) is 5.32. The highest BCUT2D eigenvalue weighted by molar-refractivity contribution is 6.38. The van der Waals surface area contributed by atoms with Crippen LogP contribution in [0.5, 0.6) is 11.5 Å². The number of ether oxygens (including phenoxy) is 2. The molecule has 1 saturated heterocycles. The van der Waals surface area contributed by atoms with Crippen LogP contribution in [0.2, 0.25) is 0 Å². The summed E-state index contributed by atoms with van der Waals surface area (Å²) >= 11 is 0. The van der Waals surface area contributed by atoms with Crippen molar-refractivity contribution in [3.05, 3.63) is 42.7 Å². The Hall–Kier alpha value is -5.21. The van der Waals surface area contributed by atoms with Crippen LogP contribution in [-0.4, -0.2) is 98.3 Å². The molecule has 2 aliphatic rings. The van der Waals surface area contributed by atoms with Crippen LogP contribution >= 0.6 is 0 Å². The van der Waals surface area contributed by atoms with Gasteiger partial charge in [0, 0.05) is 42.4 Å². The number of nitrogens with one attached hydrogen (secondary N) is 3. The van der Waals surface area contributed by atoms with Gasteiger partial charge in [-0.2, -0.15) is 5.10 Å². The molecule has 262 valence electrons. The molecule has 2 fully saturated rings. The summed E-state index contributed by atoms with van der Waals surface area (Å²) in [6.07, 6.45) is 3.60. The van der Waals surface area contributed by atoms with E-state index in [2.05, 4.69) is 21.0 Å². The summed E-state index contributed by atoms with van der Waals surface area (Å²) in [4.78, 5) is 71.6. The summed E-state index contributed by atoms with van der Waals surface area (Å²) < 4.78 is 13.5. The third-order valence-electron chi connectivity index (χ3n) is 8.57. The molecule has 1 aliphatic carbocycles. The van der Waals surface area contributed by atoms with Crippen molar-refractivity contribution in [3.8, 4) is 17.3 Å². The number of hydrogen-bond acceptors (Lipinski definition) is 9. The van der Waals surface area contributed by atoms with Crippen molar-refractivity contribution < 1.29 is 38.6 Å². The highest BCUT2D eigenvalue weighted by Crippen LogP contribution is 2.34. The minimum Gasteiger partial charge on any atom is -0.497 e. The molecule has 15 nitrogen and oxygen atoms in total. The van der Waals surface area contributed by atoms with E-state index in [4.69, 9.17) is 14.5 Å². The Balaban J connectivity index is 1.47. The van der Waals surface area contributed by atoms with Gasteiger partial charge in [0.15, 0.2) is 5.82 Å². The number of aromatic nitrogens is 3. The molecule has 0 radical (unpaired) electrons. The van der Waals surface area contributed by atoms with Gasteiger partial charge in [-0.15, -0.1) is 0 Å². The maximum atomic E-state index is 14.1. The van der Waals surface area contributed by atoms with E-state index in [0.717, 1.165) is 12.8 Å². The lowest BCUT2D eigenvalue weighted by Crippen LogP contribution is -2.59. The maximum absolute atomic E-state index is 14.1. The van der Waals surface area contributed by atoms with Crippen LogP contribution in [0, 0.1) is 5.41 Å². The average molecular weight is 678 g/mol. The van der Waals surface area contributed by atoms with Crippen LogP contribution in [0.25, 0.3) is 16.7 Å². The first-order valence-electron chi connectivity index (χ1n) is 16.4. The van der Waals surface area contributed by atoms with Crippen LogP contribution in [0.3, 0.4) is 0 Å². The molecule has 3 heterocycles. The fraction of sp³-hybridized carbons (Fsp3) is 0.500. The molecular formula is C34H43N7O8. The van der Waals surface area contributed by atoms with Crippen molar-refractivity contribution in [1.29, 1.82) is 0 Å². The molecule has 4 N–H and O–H groups in total. The summed E-state index contributed by atoms with van der Waals surface area (Å²) in [5.74, 6) is -1.31.